The Morgan fingerprint density at radius 3 is 2.88 bits per heavy atom. The molecule has 3 heterocycles. The number of hydrogen-bond donors (Lipinski definition) is 2. The van der Waals surface area contributed by atoms with Crippen LogP contribution in [0.5, 0.6) is 0 Å². The van der Waals surface area contributed by atoms with E-state index in [1.54, 1.807) is 18.3 Å². The van der Waals surface area contributed by atoms with Gasteiger partial charge in [-0.1, -0.05) is 30.3 Å². The van der Waals surface area contributed by atoms with Gasteiger partial charge in [0.2, 0.25) is 0 Å². The molecule has 4 aromatic rings. The van der Waals surface area contributed by atoms with E-state index in [1.807, 2.05) is 35.7 Å². The van der Waals surface area contributed by atoms with Gasteiger partial charge in [-0.05, 0) is 6.92 Å². The van der Waals surface area contributed by atoms with E-state index in [2.05, 4.69) is 26.5 Å². The number of aryl methyl sites for hydroxylation is 1. The summed E-state index contributed by atoms with van der Waals surface area (Å²) in [5.41, 5.74) is 2.87. The molecule has 0 aliphatic heterocycles. The number of anilines is 1. The van der Waals surface area contributed by atoms with Gasteiger partial charge in [0.25, 0.3) is 5.56 Å². The summed E-state index contributed by atoms with van der Waals surface area (Å²) in [6, 6.07) is 13.5. The first kappa shape index (κ1) is 16.1. The Hall–Kier alpha value is -3.44. The molecule has 3 aromatic heterocycles. The number of hydrogen-bond acceptors (Lipinski definition) is 6. The lowest BCUT2D eigenvalue weighted by molar-refractivity contribution is 0.885. The molecule has 26 heavy (non-hydrogen) atoms. The van der Waals surface area contributed by atoms with Crippen molar-refractivity contribution in [1.29, 1.82) is 5.26 Å². The van der Waals surface area contributed by atoms with Gasteiger partial charge in [0.15, 0.2) is 5.65 Å². The van der Waals surface area contributed by atoms with Crippen molar-refractivity contribution in [2.24, 2.45) is 0 Å². The van der Waals surface area contributed by atoms with Crippen molar-refractivity contribution < 1.29 is 0 Å². The largest absolute Gasteiger partial charge is 0.364 e. The van der Waals surface area contributed by atoms with Crippen molar-refractivity contribution in [2.45, 2.75) is 13.5 Å². The Balaban J connectivity index is 1.61. The highest BCUT2D eigenvalue weighted by Crippen LogP contribution is 2.24. The van der Waals surface area contributed by atoms with Crippen LogP contribution in [-0.2, 0) is 6.54 Å². The number of benzene rings is 1. The summed E-state index contributed by atoms with van der Waals surface area (Å²) < 4.78 is 1.27. The highest BCUT2D eigenvalue weighted by molar-refractivity contribution is 7.13. The van der Waals surface area contributed by atoms with Crippen LogP contribution in [0.4, 0.5) is 5.82 Å². The quantitative estimate of drug-likeness (QED) is 0.581. The van der Waals surface area contributed by atoms with Gasteiger partial charge in [-0.15, -0.1) is 11.3 Å². The molecule has 0 aliphatic rings. The molecule has 128 valence electrons. The van der Waals surface area contributed by atoms with E-state index in [0.29, 0.717) is 29.3 Å². The molecule has 0 aliphatic carbocycles. The van der Waals surface area contributed by atoms with Gasteiger partial charge < -0.3 is 5.32 Å². The van der Waals surface area contributed by atoms with Crippen molar-refractivity contribution in [1.82, 2.24) is 19.6 Å². The summed E-state index contributed by atoms with van der Waals surface area (Å²) in [6.45, 7) is 2.15. The van der Waals surface area contributed by atoms with Gasteiger partial charge in [-0.25, -0.2) is 9.97 Å². The molecule has 0 unspecified atom stereocenters. The Morgan fingerprint density at radius 1 is 1.31 bits per heavy atom. The van der Waals surface area contributed by atoms with Gasteiger partial charge in [0.05, 0.1) is 12.2 Å². The Bertz CT molecular complexity index is 1180. The highest BCUT2D eigenvalue weighted by Gasteiger charge is 2.15. The summed E-state index contributed by atoms with van der Waals surface area (Å²) in [7, 11) is 0. The zero-order chi connectivity index (χ0) is 18.1. The van der Waals surface area contributed by atoms with Crippen LogP contribution in [0.1, 0.15) is 17.0 Å². The van der Waals surface area contributed by atoms with Crippen LogP contribution in [0.2, 0.25) is 0 Å². The van der Waals surface area contributed by atoms with E-state index in [0.717, 1.165) is 16.3 Å². The molecular formula is C18H14N6OS. The van der Waals surface area contributed by atoms with Crippen molar-refractivity contribution in [3.05, 3.63) is 69.1 Å². The fourth-order valence-corrected chi connectivity index (χ4v) is 3.49. The first-order valence-corrected chi connectivity index (χ1v) is 8.80. The van der Waals surface area contributed by atoms with Gasteiger partial charge in [0, 0.05) is 22.7 Å². The van der Waals surface area contributed by atoms with E-state index in [9.17, 15) is 10.1 Å². The molecule has 0 spiro atoms. The normalized spacial score (nSPS) is 10.8. The van der Waals surface area contributed by atoms with Gasteiger partial charge in [-0.2, -0.15) is 9.78 Å². The number of H-pyrrole nitrogens is 1. The van der Waals surface area contributed by atoms with E-state index in [-0.39, 0.29) is 5.56 Å². The molecule has 0 saturated heterocycles. The Morgan fingerprint density at radius 2 is 2.12 bits per heavy atom. The fourth-order valence-electron chi connectivity index (χ4n) is 2.67. The lowest BCUT2D eigenvalue weighted by Crippen LogP contribution is -2.14. The van der Waals surface area contributed by atoms with Crippen LogP contribution in [0, 0.1) is 18.3 Å². The van der Waals surface area contributed by atoms with Gasteiger partial charge in [-0.3, -0.25) is 9.89 Å². The maximum Gasteiger partial charge on any atom is 0.272 e. The third-order valence-electron chi connectivity index (χ3n) is 3.87. The maximum atomic E-state index is 12.1. The molecule has 2 N–H and O–H groups in total. The Labute approximate surface area is 152 Å². The minimum absolute atomic E-state index is 0.253. The summed E-state index contributed by atoms with van der Waals surface area (Å²) in [6.07, 6.45) is 0. The average molecular weight is 362 g/mol. The molecule has 8 heteroatoms. The third kappa shape index (κ3) is 2.85. The third-order valence-corrected chi connectivity index (χ3v) is 4.81. The monoisotopic (exact) mass is 362 g/mol. The number of thiazole rings is 1. The molecule has 0 amide bonds. The molecule has 0 saturated carbocycles. The molecule has 0 radical (unpaired) electrons. The standard InChI is InChI=1S/C18H14N6OS/c1-11-7-15(25)24-17(21-11)14(8-19)16(23-24)20-9-13-10-26-18(22-13)12-5-3-2-4-6-12/h2-7,10,20,23H,9H2,1H3. The van der Waals surface area contributed by atoms with E-state index in [1.165, 1.54) is 10.6 Å². The minimum Gasteiger partial charge on any atom is -0.364 e. The Kier molecular flexibility index (Phi) is 3.99. The molecule has 7 nitrogen and oxygen atoms in total. The maximum absolute atomic E-state index is 12.1. The van der Waals surface area contributed by atoms with E-state index in [4.69, 9.17) is 0 Å². The second kappa shape index (κ2) is 6.46. The van der Waals surface area contributed by atoms with E-state index < -0.39 is 0 Å². The molecule has 4 rings (SSSR count). The van der Waals surface area contributed by atoms with Crippen LogP contribution in [-0.4, -0.2) is 19.6 Å². The zero-order valence-electron chi connectivity index (χ0n) is 13.9. The lowest BCUT2D eigenvalue weighted by atomic mass is 10.2. The summed E-state index contributed by atoms with van der Waals surface area (Å²) in [5.74, 6) is 0.456. The van der Waals surface area contributed by atoms with Crippen LogP contribution in [0.25, 0.3) is 16.2 Å². The van der Waals surface area contributed by atoms with Crippen molar-refractivity contribution in [3.63, 3.8) is 0 Å². The predicted molar refractivity (Wildman–Crippen MR) is 100 cm³/mol. The summed E-state index contributed by atoms with van der Waals surface area (Å²) in [5, 5.41) is 18.4. The molecule has 0 fully saturated rings. The van der Waals surface area contributed by atoms with Crippen molar-refractivity contribution in [3.8, 4) is 16.6 Å². The molecule has 0 bridgehead atoms. The first-order valence-electron chi connectivity index (χ1n) is 7.92. The fraction of sp³-hybridized carbons (Fsp3) is 0.111. The first-order chi connectivity index (χ1) is 12.7. The zero-order valence-corrected chi connectivity index (χ0v) is 14.7. The van der Waals surface area contributed by atoms with Crippen LogP contribution < -0.4 is 10.9 Å². The minimum atomic E-state index is -0.253. The number of aromatic nitrogens is 4. The number of nitrogens with zero attached hydrogens (tertiary/aromatic N) is 4. The van der Waals surface area contributed by atoms with Crippen LogP contribution in [0.3, 0.4) is 0 Å². The second-order valence-corrected chi connectivity index (χ2v) is 6.59. The molecule has 0 atom stereocenters. The highest BCUT2D eigenvalue weighted by atomic mass is 32.1. The van der Waals surface area contributed by atoms with Crippen molar-refractivity contribution in [2.75, 3.05) is 5.32 Å². The van der Waals surface area contributed by atoms with E-state index >= 15 is 0 Å². The molecular weight excluding hydrogens is 348 g/mol. The van der Waals surface area contributed by atoms with Crippen molar-refractivity contribution >= 4 is 22.8 Å². The van der Waals surface area contributed by atoms with Crippen LogP contribution in [0.15, 0.2) is 46.6 Å². The number of nitriles is 1. The topological polar surface area (TPSA) is 98.9 Å². The predicted octanol–water partition coefficient (Wildman–Crippen LogP) is 2.94. The number of fused-ring (bicyclic) bond motifs is 1. The molecule has 1 aromatic carbocycles. The summed E-state index contributed by atoms with van der Waals surface area (Å²) in [4.78, 5) is 21.0. The number of rotatable bonds is 4. The van der Waals surface area contributed by atoms with Gasteiger partial charge >= 0.3 is 0 Å². The average Bonchev–Trinajstić information content (AvgIpc) is 3.25. The summed E-state index contributed by atoms with van der Waals surface area (Å²) >= 11 is 1.56. The lowest BCUT2D eigenvalue weighted by Gasteiger charge is -2.01. The number of aromatic amines is 1. The second-order valence-electron chi connectivity index (χ2n) is 5.73. The van der Waals surface area contributed by atoms with Gasteiger partial charge in [0.1, 0.15) is 22.5 Å². The van der Waals surface area contributed by atoms with Crippen LogP contribution >= 0.6 is 11.3 Å². The SMILES string of the molecule is Cc1cc(=O)n2[nH]c(NCc3csc(-c4ccccc4)n3)c(C#N)c2n1. The number of nitrogens with one attached hydrogen (secondary N) is 2. The smallest absolute Gasteiger partial charge is 0.272 e.